The standard InChI is InChI=1S/C15H19N3O2S/c1-4-21(19,20)14-7-5-13(6-8-14)10-16-15-9-11(2)12(3)17-18-15/h5-9H,4,10H2,1-3H3,(H,16,18). The lowest BCUT2D eigenvalue weighted by Gasteiger charge is -2.08. The first-order chi connectivity index (χ1) is 9.92. The molecule has 1 aromatic heterocycles. The number of nitrogens with zero attached hydrogens (tertiary/aromatic N) is 2. The molecular weight excluding hydrogens is 286 g/mol. The van der Waals surface area contributed by atoms with Crippen molar-refractivity contribution >= 4 is 15.7 Å². The number of rotatable bonds is 5. The van der Waals surface area contributed by atoms with E-state index in [1.54, 1.807) is 19.1 Å². The predicted molar refractivity (Wildman–Crippen MR) is 83.0 cm³/mol. The van der Waals surface area contributed by atoms with Crippen LogP contribution in [0.4, 0.5) is 5.82 Å². The maximum Gasteiger partial charge on any atom is 0.178 e. The van der Waals surface area contributed by atoms with Crippen molar-refractivity contribution in [2.24, 2.45) is 0 Å². The minimum atomic E-state index is -3.14. The van der Waals surface area contributed by atoms with Gasteiger partial charge in [-0.05, 0) is 43.2 Å². The summed E-state index contributed by atoms with van der Waals surface area (Å²) in [6.45, 7) is 6.12. The fourth-order valence-electron chi connectivity index (χ4n) is 1.81. The van der Waals surface area contributed by atoms with E-state index in [2.05, 4.69) is 15.5 Å². The van der Waals surface area contributed by atoms with E-state index in [-0.39, 0.29) is 5.75 Å². The first-order valence-corrected chi connectivity index (χ1v) is 8.44. The highest BCUT2D eigenvalue weighted by molar-refractivity contribution is 7.91. The van der Waals surface area contributed by atoms with E-state index in [1.807, 2.05) is 32.0 Å². The molecule has 0 fully saturated rings. The first kappa shape index (κ1) is 15.4. The predicted octanol–water partition coefficient (Wildman–Crippen LogP) is 2.50. The Morgan fingerprint density at radius 1 is 1.10 bits per heavy atom. The highest BCUT2D eigenvalue weighted by Gasteiger charge is 2.10. The third-order valence-electron chi connectivity index (χ3n) is 3.37. The topological polar surface area (TPSA) is 72.0 Å². The molecule has 6 heteroatoms. The van der Waals surface area contributed by atoms with Crippen molar-refractivity contribution in [1.82, 2.24) is 10.2 Å². The molecule has 0 aliphatic rings. The Morgan fingerprint density at radius 2 is 1.76 bits per heavy atom. The lowest BCUT2D eigenvalue weighted by Crippen LogP contribution is -2.06. The summed E-state index contributed by atoms with van der Waals surface area (Å²) >= 11 is 0. The zero-order chi connectivity index (χ0) is 15.5. The van der Waals surface area contributed by atoms with Crippen LogP contribution in [0, 0.1) is 13.8 Å². The fraction of sp³-hybridized carbons (Fsp3) is 0.333. The van der Waals surface area contributed by atoms with Gasteiger partial charge in [0.1, 0.15) is 5.82 Å². The SMILES string of the molecule is CCS(=O)(=O)c1ccc(CNc2cc(C)c(C)nn2)cc1. The first-order valence-electron chi connectivity index (χ1n) is 6.79. The monoisotopic (exact) mass is 305 g/mol. The Kier molecular flexibility index (Phi) is 4.57. The van der Waals surface area contributed by atoms with Crippen LogP contribution in [0.15, 0.2) is 35.2 Å². The van der Waals surface area contributed by atoms with E-state index >= 15 is 0 Å². The number of aromatic nitrogens is 2. The van der Waals surface area contributed by atoms with Crippen LogP contribution in [-0.2, 0) is 16.4 Å². The van der Waals surface area contributed by atoms with Crippen molar-refractivity contribution in [1.29, 1.82) is 0 Å². The fourth-order valence-corrected chi connectivity index (χ4v) is 2.69. The molecule has 0 saturated carbocycles. The quantitative estimate of drug-likeness (QED) is 0.919. The van der Waals surface area contributed by atoms with Crippen LogP contribution in [0.25, 0.3) is 0 Å². The molecule has 0 aliphatic heterocycles. The van der Waals surface area contributed by atoms with Gasteiger partial charge in [-0.25, -0.2) is 8.42 Å². The minimum absolute atomic E-state index is 0.114. The maximum absolute atomic E-state index is 11.7. The third-order valence-corrected chi connectivity index (χ3v) is 5.12. The van der Waals surface area contributed by atoms with Crippen molar-refractivity contribution in [3.63, 3.8) is 0 Å². The van der Waals surface area contributed by atoms with Gasteiger partial charge < -0.3 is 5.32 Å². The zero-order valence-corrected chi connectivity index (χ0v) is 13.2. The summed E-state index contributed by atoms with van der Waals surface area (Å²) in [5.41, 5.74) is 2.98. The number of aryl methyl sites for hydroxylation is 2. The second-order valence-electron chi connectivity index (χ2n) is 4.90. The molecule has 112 valence electrons. The molecule has 1 N–H and O–H groups in total. The van der Waals surface area contributed by atoms with Crippen molar-refractivity contribution in [3.8, 4) is 0 Å². The second-order valence-corrected chi connectivity index (χ2v) is 7.18. The lowest BCUT2D eigenvalue weighted by atomic mass is 10.2. The Hall–Kier alpha value is -1.95. The van der Waals surface area contributed by atoms with Crippen LogP contribution >= 0.6 is 0 Å². The highest BCUT2D eigenvalue weighted by atomic mass is 32.2. The van der Waals surface area contributed by atoms with E-state index in [0.29, 0.717) is 17.3 Å². The van der Waals surface area contributed by atoms with Crippen LogP contribution in [0.3, 0.4) is 0 Å². The molecule has 0 aliphatic carbocycles. The van der Waals surface area contributed by atoms with E-state index in [0.717, 1.165) is 16.8 Å². The second kappa shape index (κ2) is 6.22. The van der Waals surface area contributed by atoms with Gasteiger partial charge in [-0.15, -0.1) is 5.10 Å². The molecule has 0 amide bonds. The molecule has 0 bridgehead atoms. The molecule has 1 aromatic carbocycles. The smallest absolute Gasteiger partial charge is 0.178 e. The van der Waals surface area contributed by atoms with Crippen molar-refractivity contribution in [3.05, 3.63) is 47.2 Å². The summed E-state index contributed by atoms with van der Waals surface area (Å²) in [5.74, 6) is 0.825. The number of anilines is 1. The van der Waals surface area contributed by atoms with E-state index in [4.69, 9.17) is 0 Å². The summed E-state index contributed by atoms with van der Waals surface area (Å²) in [4.78, 5) is 0.361. The summed E-state index contributed by atoms with van der Waals surface area (Å²) in [5, 5.41) is 11.3. The van der Waals surface area contributed by atoms with Crippen LogP contribution in [0.1, 0.15) is 23.7 Å². The van der Waals surface area contributed by atoms with Crippen LogP contribution in [-0.4, -0.2) is 24.4 Å². The van der Waals surface area contributed by atoms with Gasteiger partial charge in [-0.2, -0.15) is 5.10 Å². The summed E-state index contributed by atoms with van der Waals surface area (Å²) < 4.78 is 23.5. The maximum atomic E-state index is 11.7. The number of hydrogen-bond acceptors (Lipinski definition) is 5. The van der Waals surface area contributed by atoms with Crippen molar-refractivity contribution < 1.29 is 8.42 Å². The Labute approximate surface area is 125 Å². The van der Waals surface area contributed by atoms with Crippen molar-refractivity contribution in [2.45, 2.75) is 32.2 Å². The van der Waals surface area contributed by atoms with Gasteiger partial charge in [-0.3, -0.25) is 0 Å². The van der Waals surface area contributed by atoms with Crippen LogP contribution < -0.4 is 5.32 Å². The van der Waals surface area contributed by atoms with Crippen LogP contribution in [0.2, 0.25) is 0 Å². The van der Waals surface area contributed by atoms with Crippen LogP contribution in [0.5, 0.6) is 0 Å². The number of nitrogens with one attached hydrogen (secondary N) is 1. The molecule has 0 atom stereocenters. The summed E-state index contributed by atoms with van der Waals surface area (Å²) in [6.07, 6.45) is 0. The van der Waals surface area contributed by atoms with Gasteiger partial charge in [0.15, 0.2) is 9.84 Å². The minimum Gasteiger partial charge on any atom is -0.364 e. The molecule has 5 nitrogen and oxygen atoms in total. The Balaban J connectivity index is 2.05. The molecule has 21 heavy (non-hydrogen) atoms. The average molecular weight is 305 g/mol. The largest absolute Gasteiger partial charge is 0.364 e. The van der Waals surface area contributed by atoms with Gasteiger partial charge in [0.25, 0.3) is 0 Å². The van der Waals surface area contributed by atoms with Gasteiger partial charge in [0.05, 0.1) is 16.3 Å². The van der Waals surface area contributed by atoms with E-state index in [1.165, 1.54) is 0 Å². The molecule has 2 aromatic rings. The average Bonchev–Trinajstić information content (AvgIpc) is 2.49. The summed E-state index contributed by atoms with van der Waals surface area (Å²) in [6, 6.07) is 8.84. The van der Waals surface area contributed by atoms with E-state index in [9.17, 15) is 8.42 Å². The Morgan fingerprint density at radius 3 is 2.33 bits per heavy atom. The molecule has 0 unspecified atom stereocenters. The Bertz CT molecular complexity index is 725. The molecule has 0 radical (unpaired) electrons. The third kappa shape index (κ3) is 3.78. The molecule has 0 saturated heterocycles. The van der Waals surface area contributed by atoms with Crippen molar-refractivity contribution in [2.75, 3.05) is 11.1 Å². The molecule has 0 spiro atoms. The van der Waals surface area contributed by atoms with Gasteiger partial charge in [0.2, 0.25) is 0 Å². The molecule has 1 heterocycles. The molecular formula is C15H19N3O2S. The van der Waals surface area contributed by atoms with Gasteiger partial charge in [-0.1, -0.05) is 19.1 Å². The van der Waals surface area contributed by atoms with Gasteiger partial charge >= 0.3 is 0 Å². The molecule has 2 rings (SSSR count). The lowest BCUT2D eigenvalue weighted by molar-refractivity contribution is 0.597. The summed E-state index contributed by atoms with van der Waals surface area (Å²) in [7, 11) is -3.14. The zero-order valence-electron chi connectivity index (χ0n) is 12.4. The normalized spacial score (nSPS) is 11.4. The number of benzene rings is 1. The van der Waals surface area contributed by atoms with Gasteiger partial charge in [0, 0.05) is 6.54 Å². The van der Waals surface area contributed by atoms with E-state index < -0.39 is 9.84 Å². The number of sulfone groups is 1. The number of hydrogen-bond donors (Lipinski definition) is 1. The highest BCUT2D eigenvalue weighted by Crippen LogP contribution is 2.14.